The summed E-state index contributed by atoms with van der Waals surface area (Å²) in [5.41, 5.74) is 0.465. The lowest BCUT2D eigenvalue weighted by atomic mass is 10.2. The zero-order valence-corrected chi connectivity index (χ0v) is 14.1. The Balaban J connectivity index is 2.04. The fraction of sp³-hybridized carbons (Fsp3) is 0.267. The molecule has 0 unspecified atom stereocenters. The molecule has 1 aromatic carbocycles. The molecule has 2 rings (SSSR count). The van der Waals surface area contributed by atoms with Crippen LogP contribution in [-0.4, -0.2) is 48.5 Å². The fourth-order valence-corrected chi connectivity index (χ4v) is 2.52. The van der Waals surface area contributed by atoms with E-state index in [1.165, 1.54) is 16.2 Å². The molecule has 23 heavy (non-hydrogen) atoms. The molecule has 6 nitrogen and oxygen atoms in total. The van der Waals surface area contributed by atoms with Crippen molar-refractivity contribution < 1.29 is 14.3 Å². The fourth-order valence-electron chi connectivity index (χ4n) is 1.85. The monoisotopic (exact) mass is 353 g/mol. The summed E-state index contributed by atoms with van der Waals surface area (Å²) in [6.45, 7) is 0.567. The van der Waals surface area contributed by atoms with E-state index in [1.807, 2.05) is 0 Å². The molecule has 2 amide bonds. The number of benzene rings is 1. The zero-order chi connectivity index (χ0) is 16.7. The number of hydrogen-bond acceptors (Lipinski definition) is 5. The van der Waals surface area contributed by atoms with E-state index in [0.29, 0.717) is 28.9 Å². The maximum Gasteiger partial charge on any atom is 0.254 e. The summed E-state index contributed by atoms with van der Waals surface area (Å²) in [6.07, 6.45) is 1.60. The molecule has 0 spiro atoms. The van der Waals surface area contributed by atoms with Crippen LogP contribution in [0.25, 0.3) is 0 Å². The lowest BCUT2D eigenvalue weighted by molar-refractivity contribution is -0.117. The Kier molecular flexibility index (Phi) is 6.52. The van der Waals surface area contributed by atoms with E-state index < -0.39 is 0 Å². The van der Waals surface area contributed by atoms with Crippen LogP contribution in [0.3, 0.4) is 0 Å². The first-order valence-corrected chi connectivity index (χ1v) is 8.09. The van der Waals surface area contributed by atoms with Gasteiger partial charge in [0.1, 0.15) is 6.54 Å². The molecule has 1 heterocycles. The van der Waals surface area contributed by atoms with Gasteiger partial charge in [0.05, 0.1) is 6.61 Å². The Bertz CT molecular complexity index is 646. The SMILES string of the molecule is COCCN(CC(=O)Nc1nccs1)C(=O)c1ccc(Cl)cc1. The minimum Gasteiger partial charge on any atom is -0.383 e. The maximum atomic E-state index is 12.5. The minimum atomic E-state index is -0.307. The van der Waals surface area contributed by atoms with Crippen molar-refractivity contribution in [2.75, 3.05) is 32.1 Å². The van der Waals surface area contributed by atoms with E-state index >= 15 is 0 Å². The highest BCUT2D eigenvalue weighted by atomic mass is 35.5. The molecule has 0 bridgehead atoms. The standard InChI is InChI=1S/C15H16ClN3O3S/c1-22-8-7-19(10-13(20)18-15-17-6-9-23-15)14(21)11-2-4-12(16)5-3-11/h2-6,9H,7-8,10H2,1H3,(H,17,18,20). The quantitative estimate of drug-likeness (QED) is 0.830. The van der Waals surface area contributed by atoms with Crippen LogP contribution in [0, 0.1) is 0 Å². The van der Waals surface area contributed by atoms with Crippen molar-refractivity contribution in [3.8, 4) is 0 Å². The number of nitrogens with one attached hydrogen (secondary N) is 1. The number of carbonyl (C=O) groups is 2. The van der Waals surface area contributed by atoms with Gasteiger partial charge in [-0.1, -0.05) is 11.6 Å². The molecule has 0 aliphatic heterocycles. The van der Waals surface area contributed by atoms with Crippen LogP contribution in [0.2, 0.25) is 5.02 Å². The number of nitrogens with zero attached hydrogens (tertiary/aromatic N) is 2. The maximum absolute atomic E-state index is 12.5. The number of hydrogen-bond donors (Lipinski definition) is 1. The average Bonchev–Trinajstić information content (AvgIpc) is 3.04. The Morgan fingerprint density at radius 1 is 1.35 bits per heavy atom. The van der Waals surface area contributed by atoms with Gasteiger partial charge in [0.25, 0.3) is 5.91 Å². The highest BCUT2D eigenvalue weighted by Crippen LogP contribution is 2.13. The topological polar surface area (TPSA) is 71.5 Å². The molecule has 1 aromatic heterocycles. The molecule has 2 aromatic rings. The third-order valence-electron chi connectivity index (χ3n) is 2.96. The normalized spacial score (nSPS) is 10.3. The van der Waals surface area contributed by atoms with E-state index in [9.17, 15) is 9.59 Å². The molecule has 8 heteroatoms. The minimum absolute atomic E-state index is 0.0790. The second-order valence-electron chi connectivity index (χ2n) is 4.61. The Hall–Kier alpha value is -1.96. The van der Waals surface area contributed by atoms with E-state index in [2.05, 4.69) is 10.3 Å². The number of methoxy groups -OCH3 is 1. The molecule has 0 aliphatic carbocycles. The average molecular weight is 354 g/mol. The third kappa shape index (κ3) is 5.31. The van der Waals surface area contributed by atoms with Gasteiger partial charge in [0.2, 0.25) is 5.91 Å². The van der Waals surface area contributed by atoms with Crippen molar-refractivity contribution in [2.24, 2.45) is 0 Å². The Labute approximate surface area is 143 Å². The largest absolute Gasteiger partial charge is 0.383 e. The van der Waals surface area contributed by atoms with Crippen LogP contribution in [-0.2, 0) is 9.53 Å². The van der Waals surface area contributed by atoms with Gasteiger partial charge in [-0.15, -0.1) is 11.3 Å². The van der Waals surface area contributed by atoms with Gasteiger partial charge in [-0.25, -0.2) is 4.98 Å². The Morgan fingerprint density at radius 2 is 2.09 bits per heavy atom. The molecule has 0 saturated heterocycles. The number of thiazole rings is 1. The van der Waals surface area contributed by atoms with Crippen LogP contribution in [0.15, 0.2) is 35.8 Å². The number of ether oxygens (including phenoxy) is 1. The molecule has 0 aliphatic rings. The van der Waals surface area contributed by atoms with Crippen molar-refractivity contribution in [1.29, 1.82) is 0 Å². The first kappa shape index (κ1) is 17.4. The molecule has 0 radical (unpaired) electrons. The summed E-state index contributed by atoms with van der Waals surface area (Å²) in [5, 5.41) is 5.47. The predicted molar refractivity (Wildman–Crippen MR) is 90.0 cm³/mol. The van der Waals surface area contributed by atoms with Crippen LogP contribution in [0.5, 0.6) is 0 Å². The van der Waals surface area contributed by atoms with Gasteiger partial charge in [-0.05, 0) is 24.3 Å². The van der Waals surface area contributed by atoms with Crippen LogP contribution >= 0.6 is 22.9 Å². The molecular formula is C15H16ClN3O3S. The summed E-state index contributed by atoms with van der Waals surface area (Å²) in [5.74, 6) is -0.564. The van der Waals surface area contributed by atoms with Crippen LogP contribution in [0.1, 0.15) is 10.4 Å². The van der Waals surface area contributed by atoms with Crippen molar-refractivity contribution in [3.05, 3.63) is 46.4 Å². The first-order chi connectivity index (χ1) is 11.1. The first-order valence-electron chi connectivity index (χ1n) is 6.83. The number of rotatable bonds is 7. The third-order valence-corrected chi connectivity index (χ3v) is 3.90. The van der Waals surface area contributed by atoms with Crippen LogP contribution in [0.4, 0.5) is 5.13 Å². The lowest BCUT2D eigenvalue weighted by Crippen LogP contribution is -2.40. The summed E-state index contributed by atoms with van der Waals surface area (Å²) in [6, 6.07) is 6.53. The summed E-state index contributed by atoms with van der Waals surface area (Å²) in [7, 11) is 1.54. The number of halogens is 1. The number of anilines is 1. The number of carbonyl (C=O) groups excluding carboxylic acids is 2. The van der Waals surface area contributed by atoms with Gasteiger partial charge < -0.3 is 15.0 Å². The van der Waals surface area contributed by atoms with Crippen molar-refractivity contribution >= 4 is 39.9 Å². The lowest BCUT2D eigenvalue weighted by Gasteiger charge is -2.21. The van der Waals surface area contributed by atoms with Gasteiger partial charge >= 0.3 is 0 Å². The van der Waals surface area contributed by atoms with Gasteiger partial charge in [0, 0.05) is 35.8 Å². The molecule has 122 valence electrons. The van der Waals surface area contributed by atoms with E-state index in [-0.39, 0.29) is 18.4 Å². The smallest absolute Gasteiger partial charge is 0.254 e. The second kappa shape index (κ2) is 8.61. The molecule has 0 fully saturated rings. The molecule has 0 atom stereocenters. The highest BCUT2D eigenvalue weighted by Gasteiger charge is 2.19. The van der Waals surface area contributed by atoms with Crippen molar-refractivity contribution in [2.45, 2.75) is 0 Å². The zero-order valence-electron chi connectivity index (χ0n) is 12.5. The van der Waals surface area contributed by atoms with Gasteiger partial charge in [0.15, 0.2) is 5.13 Å². The van der Waals surface area contributed by atoms with Crippen LogP contribution < -0.4 is 5.32 Å². The van der Waals surface area contributed by atoms with E-state index in [4.69, 9.17) is 16.3 Å². The highest BCUT2D eigenvalue weighted by molar-refractivity contribution is 7.13. The van der Waals surface area contributed by atoms with Crippen molar-refractivity contribution in [3.63, 3.8) is 0 Å². The number of amides is 2. The van der Waals surface area contributed by atoms with Gasteiger partial charge in [-0.3, -0.25) is 9.59 Å². The second-order valence-corrected chi connectivity index (χ2v) is 5.94. The molecule has 1 N–H and O–H groups in total. The van der Waals surface area contributed by atoms with E-state index in [0.717, 1.165) is 0 Å². The Morgan fingerprint density at radius 3 is 2.70 bits per heavy atom. The molecule has 0 saturated carbocycles. The van der Waals surface area contributed by atoms with E-state index in [1.54, 1.807) is 43.0 Å². The molecular weight excluding hydrogens is 338 g/mol. The summed E-state index contributed by atoms with van der Waals surface area (Å²) in [4.78, 5) is 30.0. The van der Waals surface area contributed by atoms with Crippen molar-refractivity contribution in [1.82, 2.24) is 9.88 Å². The number of aromatic nitrogens is 1. The van der Waals surface area contributed by atoms with Gasteiger partial charge in [-0.2, -0.15) is 0 Å². The predicted octanol–water partition coefficient (Wildman–Crippen LogP) is 2.52. The summed E-state index contributed by atoms with van der Waals surface area (Å²) < 4.78 is 5.01. The summed E-state index contributed by atoms with van der Waals surface area (Å²) >= 11 is 7.15.